The van der Waals surface area contributed by atoms with Gasteiger partial charge in [0.2, 0.25) is 0 Å². The van der Waals surface area contributed by atoms with Gasteiger partial charge < -0.3 is 0 Å². The van der Waals surface area contributed by atoms with Gasteiger partial charge in [-0.15, -0.1) is 24.8 Å². The van der Waals surface area contributed by atoms with Crippen LogP contribution in [0.1, 0.15) is 27.7 Å². The summed E-state index contributed by atoms with van der Waals surface area (Å²) in [5.74, 6) is 1.42. The summed E-state index contributed by atoms with van der Waals surface area (Å²) in [4.78, 5) is 4.45. The Labute approximate surface area is 175 Å². The first-order valence-electron chi connectivity index (χ1n) is 8.40. The van der Waals surface area contributed by atoms with Crippen LogP contribution in [0, 0.1) is 5.92 Å². The van der Waals surface area contributed by atoms with E-state index in [2.05, 4.69) is 75.0 Å². The Morgan fingerprint density at radius 2 is 1.46 bits per heavy atom. The summed E-state index contributed by atoms with van der Waals surface area (Å²) in [7, 11) is 0. The van der Waals surface area contributed by atoms with Crippen molar-refractivity contribution in [3.63, 3.8) is 0 Å². The Kier molecular flexibility index (Phi) is 8.56. The molecule has 2 aromatic carbocycles. The molecule has 0 radical (unpaired) electrons. The summed E-state index contributed by atoms with van der Waals surface area (Å²) in [5, 5.41) is 0. The molecule has 0 bridgehead atoms. The van der Waals surface area contributed by atoms with Gasteiger partial charge in [-0.25, -0.2) is 0 Å². The first-order valence-corrected chi connectivity index (χ1v) is 10.9. The summed E-state index contributed by atoms with van der Waals surface area (Å²) < 4.78 is 7.84. The average Bonchev–Trinajstić information content (AvgIpc) is 2.79. The van der Waals surface area contributed by atoms with Crippen LogP contribution >= 0.6 is 24.8 Å². The number of halogens is 2. The monoisotopic (exact) mass is 424 g/mol. The Bertz CT molecular complexity index is 853. The average molecular weight is 425 g/mol. The molecule has 3 rings (SSSR count). The molecule has 0 aliphatic heterocycles. The van der Waals surface area contributed by atoms with Gasteiger partial charge in [-0.2, -0.15) is 0 Å². The van der Waals surface area contributed by atoms with E-state index in [-0.39, 0.29) is 24.8 Å². The minimum absolute atomic E-state index is 0. The molecule has 4 heteroatoms. The van der Waals surface area contributed by atoms with Crippen LogP contribution in [0.2, 0.25) is 0 Å². The van der Waals surface area contributed by atoms with Gasteiger partial charge in [0.05, 0.1) is 0 Å². The molecule has 138 valence electrons. The zero-order valence-corrected chi connectivity index (χ0v) is 18.9. The minimum atomic E-state index is -2.01. The van der Waals surface area contributed by atoms with E-state index in [9.17, 15) is 0 Å². The second-order valence-electron chi connectivity index (χ2n) is 6.49. The van der Waals surface area contributed by atoms with Crippen LogP contribution in [-0.4, -0.2) is 4.82 Å². The van der Waals surface area contributed by atoms with E-state index in [1.165, 1.54) is 31.7 Å². The second-order valence-corrected chi connectivity index (χ2v) is 8.97. The van der Waals surface area contributed by atoms with Crippen LogP contribution in [0.15, 0.2) is 75.2 Å². The van der Waals surface area contributed by atoms with Gasteiger partial charge in [0.25, 0.3) is 0 Å². The van der Waals surface area contributed by atoms with Crippen LogP contribution < -0.4 is 3.32 Å². The third-order valence-corrected chi connectivity index (χ3v) is 8.08. The van der Waals surface area contributed by atoms with Gasteiger partial charge in [-0.05, 0) is 0 Å². The molecule has 2 aromatic rings. The van der Waals surface area contributed by atoms with E-state index >= 15 is 0 Å². The predicted molar refractivity (Wildman–Crippen MR) is 114 cm³/mol. The van der Waals surface area contributed by atoms with Crippen LogP contribution in [0.4, 0.5) is 0 Å². The maximum atomic E-state index is 6.37. The zero-order valence-electron chi connectivity index (χ0n) is 15.7. The van der Waals surface area contributed by atoms with E-state index in [0.29, 0.717) is 5.92 Å². The summed E-state index contributed by atoms with van der Waals surface area (Å²) in [6, 6.07) is 18.8. The Morgan fingerprint density at radius 3 is 2.04 bits per heavy atom. The Morgan fingerprint density at radius 1 is 0.846 bits per heavy atom. The van der Waals surface area contributed by atoms with Crippen molar-refractivity contribution < 1.29 is 21.1 Å². The Balaban J connectivity index is 0.00000169. The van der Waals surface area contributed by atoms with E-state index in [0.717, 1.165) is 5.75 Å². The third kappa shape index (κ3) is 4.59. The molecule has 0 heterocycles. The SMILES string of the molecule is Cl.Cl.[CH2]=[Ti]([O]c1cccc(-c2ccccc2)c1)[C]1=C(C)C(C)=C(C)C1C. The van der Waals surface area contributed by atoms with Crippen molar-refractivity contribution in [2.75, 3.05) is 0 Å². The number of hydrogen-bond acceptors (Lipinski definition) is 1. The van der Waals surface area contributed by atoms with Crippen molar-refractivity contribution in [3.05, 3.63) is 75.2 Å². The van der Waals surface area contributed by atoms with Gasteiger partial charge in [0.1, 0.15) is 0 Å². The fourth-order valence-corrected chi connectivity index (χ4v) is 6.23. The van der Waals surface area contributed by atoms with Crippen LogP contribution in [0.5, 0.6) is 5.75 Å². The first-order chi connectivity index (χ1) is 11.5. The number of allylic oxidation sites excluding steroid dienone is 4. The van der Waals surface area contributed by atoms with Crippen molar-refractivity contribution in [1.82, 2.24) is 0 Å². The van der Waals surface area contributed by atoms with Crippen molar-refractivity contribution in [1.29, 1.82) is 0 Å². The van der Waals surface area contributed by atoms with Crippen molar-refractivity contribution in [2.45, 2.75) is 27.7 Å². The number of rotatable bonds is 4. The topological polar surface area (TPSA) is 9.23 Å². The van der Waals surface area contributed by atoms with Gasteiger partial charge in [0, 0.05) is 0 Å². The molecule has 0 aromatic heterocycles. The molecule has 0 amide bonds. The van der Waals surface area contributed by atoms with Crippen molar-refractivity contribution >= 4 is 29.6 Å². The molecule has 0 N–H and O–H groups in total. The summed E-state index contributed by atoms with van der Waals surface area (Å²) in [5.41, 5.74) is 6.70. The molecule has 1 nitrogen and oxygen atoms in total. The fourth-order valence-electron chi connectivity index (χ4n) is 3.38. The van der Waals surface area contributed by atoms with Gasteiger partial charge in [0.15, 0.2) is 0 Å². The first kappa shape index (κ1) is 22.9. The van der Waals surface area contributed by atoms with Gasteiger partial charge in [-0.3, -0.25) is 0 Å². The molecule has 1 aliphatic rings. The molecule has 1 aliphatic carbocycles. The molecule has 1 unspecified atom stereocenters. The quantitative estimate of drug-likeness (QED) is 0.490. The molecule has 26 heavy (non-hydrogen) atoms. The van der Waals surface area contributed by atoms with Crippen molar-refractivity contribution in [3.8, 4) is 16.9 Å². The molecule has 0 saturated carbocycles. The molecular weight excluding hydrogens is 399 g/mol. The molecular formula is C22H26Cl2OTi. The zero-order chi connectivity index (χ0) is 17.3. The van der Waals surface area contributed by atoms with Gasteiger partial charge >= 0.3 is 152 Å². The van der Waals surface area contributed by atoms with Gasteiger partial charge in [-0.1, -0.05) is 0 Å². The van der Waals surface area contributed by atoms with E-state index < -0.39 is 17.8 Å². The molecule has 0 fully saturated rings. The molecule has 1 atom stereocenters. The van der Waals surface area contributed by atoms with Crippen LogP contribution in [-0.2, 0) is 17.8 Å². The van der Waals surface area contributed by atoms with E-state index in [1.807, 2.05) is 12.1 Å². The fraction of sp³-hybridized carbons (Fsp3) is 0.227. The third-order valence-electron chi connectivity index (χ3n) is 5.12. The van der Waals surface area contributed by atoms with Crippen LogP contribution in [0.25, 0.3) is 11.1 Å². The number of hydrogen-bond donors (Lipinski definition) is 0. The van der Waals surface area contributed by atoms with Crippen molar-refractivity contribution in [2.24, 2.45) is 5.92 Å². The standard InChI is InChI=1S/C12H10O.C9H13.CH2.2ClH.Ti/c13-12-8-4-7-11(9-12)10-5-2-1-3-6-10;1-6-5-7(2)9(4)8(6)3;;;;/h1-9,13H;6H,1-4H3;1H2;2*1H;/q;;;;;+1/p-1. The predicted octanol–water partition coefficient (Wildman–Crippen LogP) is 6.80. The molecule has 0 saturated heterocycles. The van der Waals surface area contributed by atoms with E-state index in [1.54, 1.807) is 0 Å². The molecule has 0 spiro atoms. The van der Waals surface area contributed by atoms with Crippen LogP contribution in [0.3, 0.4) is 0 Å². The summed E-state index contributed by atoms with van der Waals surface area (Å²) in [6.07, 6.45) is 0. The summed E-state index contributed by atoms with van der Waals surface area (Å²) >= 11 is -2.01. The summed E-state index contributed by atoms with van der Waals surface area (Å²) in [6.45, 7) is 8.96. The normalized spacial score (nSPS) is 16.1. The maximum absolute atomic E-state index is 6.37. The van der Waals surface area contributed by atoms with E-state index in [4.69, 9.17) is 3.32 Å². The Hall–Kier alpha value is -1.12. The number of benzene rings is 2. The second kappa shape index (κ2) is 9.71.